The molecule has 2 saturated carbocycles. The summed E-state index contributed by atoms with van der Waals surface area (Å²) in [6, 6.07) is 1.86. The average molecular weight is 1020 g/mol. The Morgan fingerprint density at radius 1 is 0.710 bits per heavy atom. The summed E-state index contributed by atoms with van der Waals surface area (Å²) >= 11 is 2.02. The Balaban J connectivity index is 0.000000187. The van der Waals surface area contributed by atoms with Gasteiger partial charge in [0.05, 0.1) is 44.9 Å². The Kier molecular flexibility index (Phi) is 13.4. The highest BCUT2D eigenvalue weighted by Crippen LogP contribution is 2.41. The van der Waals surface area contributed by atoms with Gasteiger partial charge in [-0.25, -0.2) is 44.2 Å². The normalized spacial score (nSPS) is 26.0. The lowest BCUT2D eigenvalue weighted by Crippen LogP contribution is -2.42. The molecule has 2 aliphatic heterocycles. The second-order valence-corrected chi connectivity index (χ2v) is 22.5. The van der Waals surface area contributed by atoms with Crippen molar-refractivity contribution in [1.82, 2.24) is 37.7 Å². The summed E-state index contributed by atoms with van der Waals surface area (Å²) in [5.74, 6) is 0.637. The molecular formula is C39H53F2IN10O8S2. The quantitative estimate of drug-likeness (QED) is 0.175. The van der Waals surface area contributed by atoms with Crippen LogP contribution in [0.25, 0.3) is 22.1 Å². The largest absolute Gasteiger partial charge is 0.388 e. The van der Waals surface area contributed by atoms with Crippen molar-refractivity contribution in [3.63, 3.8) is 0 Å². The Morgan fingerprint density at radius 2 is 1.11 bits per heavy atom. The molecule has 4 N–H and O–H groups in total. The second-order valence-electron chi connectivity index (χ2n) is 17.4. The Morgan fingerprint density at radius 3 is 1.48 bits per heavy atom. The lowest BCUT2D eigenvalue weighted by Gasteiger charge is -2.31. The number of alkyl halides is 2. The van der Waals surface area contributed by atoms with Gasteiger partial charge in [0.2, 0.25) is 31.9 Å². The van der Waals surface area contributed by atoms with Crippen LogP contribution in [0.1, 0.15) is 102 Å². The summed E-state index contributed by atoms with van der Waals surface area (Å²) < 4.78 is 80.2. The van der Waals surface area contributed by atoms with E-state index in [-0.39, 0.29) is 35.3 Å². The van der Waals surface area contributed by atoms with Crippen molar-refractivity contribution in [2.24, 2.45) is 0 Å². The minimum atomic E-state index is -3.24. The molecule has 18 nitrogen and oxygen atoms in total. The first-order valence-electron chi connectivity index (χ1n) is 20.7. The molecule has 0 spiro atoms. The van der Waals surface area contributed by atoms with E-state index in [0.29, 0.717) is 98.1 Å². The van der Waals surface area contributed by atoms with Crippen molar-refractivity contribution in [3.8, 4) is 0 Å². The molecule has 4 atom stereocenters. The molecule has 23 heteroatoms. The van der Waals surface area contributed by atoms with Crippen molar-refractivity contribution >= 4 is 76.6 Å². The molecule has 0 amide bonds. The zero-order valence-corrected chi connectivity index (χ0v) is 38.8. The minimum Gasteiger partial charge on any atom is -0.388 e. The smallest absolute Gasteiger partial charge is 0.269 e. The highest BCUT2D eigenvalue weighted by atomic mass is 127. The van der Waals surface area contributed by atoms with Crippen molar-refractivity contribution < 1.29 is 35.8 Å². The summed E-state index contributed by atoms with van der Waals surface area (Å²) in [6.07, 6.45) is 8.79. The fraction of sp³-hybridized carbons (Fsp3) is 0.641. The number of anilines is 2. The lowest BCUT2D eigenvalue weighted by atomic mass is 9.99. The molecule has 4 fully saturated rings. The maximum atomic E-state index is 13.5. The van der Waals surface area contributed by atoms with Crippen LogP contribution in [0.15, 0.2) is 34.1 Å². The number of fused-ring (bicyclic) bond motifs is 2. The second kappa shape index (κ2) is 17.8. The highest BCUT2D eigenvalue weighted by molar-refractivity contribution is 14.1. The van der Waals surface area contributed by atoms with Crippen molar-refractivity contribution in [1.29, 1.82) is 0 Å². The summed E-state index contributed by atoms with van der Waals surface area (Å²) in [7, 11) is -6.42. The van der Waals surface area contributed by atoms with E-state index in [2.05, 4.69) is 30.6 Å². The van der Waals surface area contributed by atoms with Crippen LogP contribution in [-0.4, -0.2) is 127 Å². The third-order valence-electron chi connectivity index (χ3n) is 12.7. The van der Waals surface area contributed by atoms with Crippen LogP contribution in [-0.2, 0) is 20.0 Å². The van der Waals surface area contributed by atoms with E-state index in [1.165, 1.54) is 31.9 Å². The van der Waals surface area contributed by atoms with Gasteiger partial charge in [-0.1, -0.05) is 0 Å². The summed E-state index contributed by atoms with van der Waals surface area (Å²) in [6.45, 7) is 5.04. The predicted octanol–water partition coefficient (Wildman–Crippen LogP) is 3.75. The molecule has 0 radical (unpaired) electrons. The first-order chi connectivity index (χ1) is 29.0. The minimum absolute atomic E-state index is 0.0547. The number of pyridine rings is 2. The van der Waals surface area contributed by atoms with Crippen molar-refractivity contribution in [3.05, 3.63) is 54.4 Å². The van der Waals surface area contributed by atoms with Crippen LogP contribution < -0.4 is 21.8 Å². The number of hydrogen-bond donors (Lipinski definition) is 4. The number of rotatable bonds is 9. The van der Waals surface area contributed by atoms with E-state index >= 15 is 0 Å². The summed E-state index contributed by atoms with van der Waals surface area (Å²) in [5.41, 5.74) is -3.12. The number of hydrogen-bond acceptors (Lipinski definition) is 14. The zero-order chi connectivity index (χ0) is 44.9. The lowest BCUT2D eigenvalue weighted by molar-refractivity contribution is 0.0259. The number of halogens is 3. The molecular weight excluding hydrogens is 966 g/mol. The SMILES string of the molecule is C[C@@]1(O)CCC[C@H]1n1c(=O)c(C(F)F)cc2cnc(NC3CCN(S(C)(=O)=O)CC3)nc21.C[C@@]1(O)CCC[C@H]1n1c(=O)c(I)cc2cnc(NC3CCN(S(C)(=O)=O)CC3)nc21. The maximum absolute atomic E-state index is 13.5. The Labute approximate surface area is 371 Å². The Hall–Kier alpha value is -3.49. The number of aliphatic hydroxyl groups is 2. The monoisotopic (exact) mass is 1020 g/mol. The van der Waals surface area contributed by atoms with E-state index in [4.69, 9.17) is 0 Å². The first-order valence-corrected chi connectivity index (χ1v) is 25.5. The molecule has 340 valence electrons. The maximum Gasteiger partial charge on any atom is 0.269 e. The van der Waals surface area contributed by atoms with Crippen LogP contribution in [0.3, 0.4) is 0 Å². The molecule has 8 rings (SSSR count). The summed E-state index contributed by atoms with van der Waals surface area (Å²) in [5, 5.41) is 29.1. The molecule has 2 aliphatic carbocycles. The van der Waals surface area contributed by atoms with Crippen LogP contribution in [0.5, 0.6) is 0 Å². The van der Waals surface area contributed by atoms with E-state index < -0.39 is 54.8 Å². The van der Waals surface area contributed by atoms with E-state index in [9.17, 15) is 45.4 Å². The molecule has 62 heavy (non-hydrogen) atoms. The molecule has 4 aromatic heterocycles. The fourth-order valence-electron chi connectivity index (χ4n) is 9.21. The number of nitrogens with zero attached hydrogens (tertiary/aromatic N) is 8. The average Bonchev–Trinajstić information content (AvgIpc) is 3.73. The first kappa shape index (κ1) is 46.5. The van der Waals surface area contributed by atoms with E-state index in [1.807, 2.05) is 22.6 Å². The molecule has 4 aromatic rings. The number of aromatic nitrogens is 6. The third-order valence-corrected chi connectivity index (χ3v) is 16.0. The Bertz CT molecular complexity index is 2670. The molecule has 2 saturated heterocycles. The fourth-order valence-corrected chi connectivity index (χ4v) is 11.6. The van der Waals surface area contributed by atoms with Gasteiger partial charge in [0.1, 0.15) is 11.3 Å². The third kappa shape index (κ3) is 9.92. The molecule has 0 unspecified atom stereocenters. The van der Waals surface area contributed by atoms with Gasteiger partial charge in [0, 0.05) is 61.4 Å². The topological polar surface area (TPSA) is 235 Å². The van der Waals surface area contributed by atoms with Crippen molar-refractivity contribution in [2.75, 3.05) is 49.3 Å². The number of sulfonamides is 2. The van der Waals surface area contributed by atoms with Crippen LogP contribution in [0.4, 0.5) is 20.7 Å². The van der Waals surface area contributed by atoms with Gasteiger partial charge < -0.3 is 20.8 Å². The van der Waals surface area contributed by atoms with Crippen LogP contribution in [0, 0.1) is 3.57 Å². The zero-order valence-electron chi connectivity index (χ0n) is 35.0. The van der Waals surface area contributed by atoms with Gasteiger partial charge in [-0.15, -0.1) is 0 Å². The molecule has 4 aliphatic rings. The molecule has 0 aromatic carbocycles. The van der Waals surface area contributed by atoms with Gasteiger partial charge in [-0.2, -0.15) is 9.97 Å². The standard InChI is InChI=1S/C20H27F2N5O4S.C19H26IN5O4S/c1-20(29)7-3-4-15(20)27-17-12(10-14(16(21)22)18(27)28)11-23-19(25-17)24-13-5-8-26(9-6-13)32(2,30)31;1-19(27)7-3-4-15(19)25-16-12(10-14(20)17(25)26)11-21-18(23-16)22-13-5-8-24(9-6-13)30(2,28)29/h10-11,13,15-16,29H,3-9H2,1-2H3,(H,23,24,25);10-11,13,15,27H,3-9H2,1-2H3,(H,21,22,23)/t15-,20-;15-,19-/m11/s1. The summed E-state index contributed by atoms with van der Waals surface area (Å²) in [4.78, 5) is 43.7. The highest BCUT2D eigenvalue weighted by Gasteiger charge is 2.41. The predicted molar refractivity (Wildman–Crippen MR) is 238 cm³/mol. The van der Waals surface area contributed by atoms with Gasteiger partial charge in [-0.3, -0.25) is 18.7 Å². The van der Waals surface area contributed by atoms with Crippen molar-refractivity contribution in [2.45, 2.75) is 120 Å². The van der Waals surface area contributed by atoms with Gasteiger partial charge in [0.25, 0.3) is 17.5 Å². The van der Waals surface area contributed by atoms with E-state index in [1.54, 1.807) is 30.7 Å². The molecule has 6 heterocycles. The van der Waals surface area contributed by atoms with Gasteiger partial charge >= 0.3 is 0 Å². The van der Waals surface area contributed by atoms with E-state index in [0.717, 1.165) is 24.3 Å². The van der Waals surface area contributed by atoms with Crippen LogP contribution in [0.2, 0.25) is 0 Å². The van der Waals surface area contributed by atoms with Gasteiger partial charge in [-0.05, 0) is 113 Å². The number of nitrogens with one attached hydrogen (secondary N) is 2. The van der Waals surface area contributed by atoms with Gasteiger partial charge in [0.15, 0.2) is 0 Å². The number of piperidine rings is 2. The van der Waals surface area contributed by atoms with Crippen LogP contribution >= 0.6 is 22.6 Å². The molecule has 0 bridgehead atoms.